The number of aliphatic hydroxyl groups is 1. The standard InChI is InChI=1S/C6H9N3O2/c10-4-1-5(7-2-4)6-8-3-9-11-6/h3-5,7,10H,1-2H2/t4-,5-/m0/s1. The Balaban J connectivity index is 2.08. The molecule has 60 valence electrons. The zero-order chi connectivity index (χ0) is 7.68. The van der Waals surface area contributed by atoms with Crippen LogP contribution in [0, 0.1) is 0 Å². The number of hydrogen-bond acceptors (Lipinski definition) is 5. The maximum atomic E-state index is 9.15. The van der Waals surface area contributed by atoms with Crippen LogP contribution in [0.2, 0.25) is 0 Å². The van der Waals surface area contributed by atoms with Crippen LogP contribution in [0.15, 0.2) is 10.9 Å². The molecule has 2 N–H and O–H groups in total. The van der Waals surface area contributed by atoms with Crippen LogP contribution in [0.3, 0.4) is 0 Å². The van der Waals surface area contributed by atoms with E-state index in [0.717, 1.165) is 0 Å². The third-order valence-electron chi connectivity index (χ3n) is 1.78. The quantitative estimate of drug-likeness (QED) is 0.570. The summed E-state index contributed by atoms with van der Waals surface area (Å²) in [5.41, 5.74) is 0. The van der Waals surface area contributed by atoms with Gasteiger partial charge in [0.25, 0.3) is 0 Å². The molecule has 1 fully saturated rings. The topological polar surface area (TPSA) is 71.2 Å². The minimum absolute atomic E-state index is 0.0347. The maximum Gasteiger partial charge on any atom is 0.243 e. The van der Waals surface area contributed by atoms with Crippen molar-refractivity contribution in [2.45, 2.75) is 18.6 Å². The lowest BCUT2D eigenvalue weighted by Crippen LogP contribution is -2.14. The highest BCUT2D eigenvalue weighted by molar-refractivity contribution is 4.93. The summed E-state index contributed by atoms with van der Waals surface area (Å²) in [7, 11) is 0. The van der Waals surface area contributed by atoms with E-state index < -0.39 is 0 Å². The molecule has 5 nitrogen and oxygen atoms in total. The van der Waals surface area contributed by atoms with Gasteiger partial charge in [-0.15, -0.1) is 0 Å². The molecule has 0 aromatic carbocycles. The van der Waals surface area contributed by atoms with Crippen LogP contribution in [0.1, 0.15) is 18.4 Å². The van der Waals surface area contributed by atoms with Gasteiger partial charge in [-0.05, 0) is 6.42 Å². The molecule has 0 aliphatic carbocycles. The minimum atomic E-state index is -0.285. The molecular formula is C6H9N3O2. The first-order valence-corrected chi connectivity index (χ1v) is 3.54. The Morgan fingerprint density at radius 3 is 3.18 bits per heavy atom. The molecule has 0 saturated carbocycles. The third-order valence-corrected chi connectivity index (χ3v) is 1.78. The molecule has 1 aliphatic rings. The summed E-state index contributed by atoms with van der Waals surface area (Å²) in [6.07, 6.45) is 1.73. The highest BCUT2D eigenvalue weighted by Crippen LogP contribution is 2.20. The number of rotatable bonds is 1. The lowest BCUT2D eigenvalue weighted by molar-refractivity contribution is 0.191. The van der Waals surface area contributed by atoms with Crippen molar-refractivity contribution < 1.29 is 9.63 Å². The van der Waals surface area contributed by atoms with E-state index >= 15 is 0 Å². The average molecular weight is 155 g/mol. The summed E-state index contributed by atoms with van der Waals surface area (Å²) < 4.78 is 4.83. The minimum Gasteiger partial charge on any atom is -0.392 e. The second-order valence-electron chi connectivity index (χ2n) is 2.63. The van der Waals surface area contributed by atoms with Crippen LogP contribution >= 0.6 is 0 Å². The molecule has 0 bridgehead atoms. The number of nitrogens with zero attached hydrogens (tertiary/aromatic N) is 2. The third kappa shape index (κ3) is 1.24. The lowest BCUT2D eigenvalue weighted by Gasteiger charge is -2.00. The molecule has 1 aliphatic heterocycles. The van der Waals surface area contributed by atoms with Gasteiger partial charge in [0.2, 0.25) is 5.89 Å². The van der Waals surface area contributed by atoms with Gasteiger partial charge in [0, 0.05) is 6.54 Å². The van der Waals surface area contributed by atoms with Crippen LogP contribution < -0.4 is 5.32 Å². The largest absolute Gasteiger partial charge is 0.392 e. The van der Waals surface area contributed by atoms with Gasteiger partial charge in [-0.1, -0.05) is 5.16 Å². The molecule has 2 rings (SSSR count). The fraction of sp³-hybridized carbons (Fsp3) is 0.667. The van der Waals surface area contributed by atoms with Gasteiger partial charge < -0.3 is 14.9 Å². The number of β-amino-alcohol motifs (C(OH)–C–C–N with tert-alkyl or cyclic N) is 1. The molecule has 1 aromatic rings. The van der Waals surface area contributed by atoms with E-state index in [4.69, 9.17) is 9.63 Å². The number of aliphatic hydroxyl groups excluding tert-OH is 1. The maximum absolute atomic E-state index is 9.15. The first-order valence-electron chi connectivity index (χ1n) is 3.54. The Morgan fingerprint density at radius 1 is 1.73 bits per heavy atom. The molecular weight excluding hydrogens is 146 g/mol. The van der Waals surface area contributed by atoms with Crippen molar-refractivity contribution in [1.29, 1.82) is 0 Å². The van der Waals surface area contributed by atoms with E-state index in [-0.39, 0.29) is 12.1 Å². The van der Waals surface area contributed by atoms with Crippen LogP contribution in [-0.2, 0) is 0 Å². The average Bonchev–Trinajstić information content (AvgIpc) is 2.55. The molecule has 0 spiro atoms. The molecule has 1 saturated heterocycles. The van der Waals surface area contributed by atoms with E-state index in [2.05, 4.69) is 15.5 Å². The summed E-state index contributed by atoms with van der Waals surface area (Å²) in [6.45, 7) is 0.604. The smallest absolute Gasteiger partial charge is 0.243 e. The molecule has 2 heterocycles. The Kier molecular flexibility index (Phi) is 1.59. The van der Waals surface area contributed by atoms with Crippen molar-refractivity contribution in [1.82, 2.24) is 15.5 Å². The fourth-order valence-electron chi connectivity index (χ4n) is 1.24. The summed E-state index contributed by atoms with van der Waals surface area (Å²) in [5.74, 6) is 0.557. The highest BCUT2D eigenvalue weighted by atomic mass is 16.5. The molecule has 0 radical (unpaired) electrons. The Labute approximate surface area is 63.4 Å². The molecule has 11 heavy (non-hydrogen) atoms. The van der Waals surface area contributed by atoms with Gasteiger partial charge in [0.15, 0.2) is 6.33 Å². The summed E-state index contributed by atoms with van der Waals surface area (Å²) in [5, 5.41) is 15.7. The summed E-state index contributed by atoms with van der Waals surface area (Å²) in [6, 6.07) is 0.0347. The monoisotopic (exact) mass is 155 g/mol. The predicted octanol–water partition coefficient (Wildman–Crippen LogP) is -0.535. The van der Waals surface area contributed by atoms with Crippen molar-refractivity contribution in [2.24, 2.45) is 0 Å². The van der Waals surface area contributed by atoms with Gasteiger partial charge in [0.1, 0.15) is 0 Å². The zero-order valence-electron chi connectivity index (χ0n) is 5.90. The van der Waals surface area contributed by atoms with Crippen molar-refractivity contribution in [3.05, 3.63) is 12.2 Å². The Morgan fingerprint density at radius 2 is 2.64 bits per heavy atom. The summed E-state index contributed by atoms with van der Waals surface area (Å²) >= 11 is 0. The second-order valence-corrected chi connectivity index (χ2v) is 2.63. The lowest BCUT2D eigenvalue weighted by atomic mass is 10.2. The second kappa shape index (κ2) is 2.60. The van der Waals surface area contributed by atoms with Gasteiger partial charge in [-0.25, -0.2) is 0 Å². The van der Waals surface area contributed by atoms with E-state index in [1.54, 1.807) is 0 Å². The summed E-state index contributed by atoms with van der Waals surface area (Å²) in [4.78, 5) is 3.88. The molecule has 5 heteroatoms. The van der Waals surface area contributed by atoms with Crippen LogP contribution in [0.5, 0.6) is 0 Å². The van der Waals surface area contributed by atoms with Gasteiger partial charge in [-0.3, -0.25) is 0 Å². The van der Waals surface area contributed by atoms with Crippen molar-refractivity contribution in [3.8, 4) is 0 Å². The van der Waals surface area contributed by atoms with E-state index in [1.807, 2.05) is 0 Å². The number of hydrogen-bond donors (Lipinski definition) is 2. The van der Waals surface area contributed by atoms with E-state index in [1.165, 1.54) is 6.33 Å². The first-order chi connectivity index (χ1) is 5.36. The zero-order valence-corrected chi connectivity index (χ0v) is 5.90. The number of nitrogens with one attached hydrogen (secondary N) is 1. The van der Waals surface area contributed by atoms with Crippen molar-refractivity contribution in [3.63, 3.8) is 0 Å². The molecule has 2 atom stereocenters. The highest BCUT2D eigenvalue weighted by Gasteiger charge is 2.26. The van der Waals surface area contributed by atoms with Crippen LogP contribution in [0.4, 0.5) is 0 Å². The van der Waals surface area contributed by atoms with E-state index in [9.17, 15) is 0 Å². The fourth-order valence-corrected chi connectivity index (χ4v) is 1.24. The van der Waals surface area contributed by atoms with Crippen LogP contribution in [-0.4, -0.2) is 27.9 Å². The van der Waals surface area contributed by atoms with Crippen LogP contribution in [0.25, 0.3) is 0 Å². The molecule has 1 aromatic heterocycles. The van der Waals surface area contributed by atoms with Gasteiger partial charge in [-0.2, -0.15) is 4.98 Å². The normalized spacial score (nSPS) is 31.0. The SMILES string of the molecule is O[C@@H]1CN[C@H](c2ncno2)C1. The number of aromatic nitrogens is 2. The molecule has 0 amide bonds. The predicted molar refractivity (Wildman–Crippen MR) is 35.7 cm³/mol. The van der Waals surface area contributed by atoms with Crippen molar-refractivity contribution >= 4 is 0 Å². The Hall–Kier alpha value is -0.940. The Bertz CT molecular complexity index is 224. The molecule has 0 unspecified atom stereocenters. The van der Waals surface area contributed by atoms with Gasteiger partial charge >= 0.3 is 0 Å². The van der Waals surface area contributed by atoms with Gasteiger partial charge in [0.05, 0.1) is 12.1 Å². The van der Waals surface area contributed by atoms with Crippen molar-refractivity contribution in [2.75, 3.05) is 6.54 Å². The van der Waals surface area contributed by atoms with E-state index in [0.29, 0.717) is 18.9 Å². The first kappa shape index (κ1) is 6.75.